The minimum Gasteiger partial charge on any atom is -0.455 e. The lowest BCUT2D eigenvalue weighted by Crippen LogP contribution is -2.58. The van der Waals surface area contributed by atoms with E-state index >= 15 is 4.39 Å². The van der Waals surface area contributed by atoms with Gasteiger partial charge in [0.2, 0.25) is 0 Å². The van der Waals surface area contributed by atoms with Crippen molar-refractivity contribution in [3.05, 3.63) is 65.7 Å². The predicted molar refractivity (Wildman–Crippen MR) is 118 cm³/mol. The Bertz CT molecular complexity index is 891. The summed E-state index contributed by atoms with van der Waals surface area (Å²) in [6.45, 7) is 4.62. The van der Waals surface area contributed by atoms with Gasteiger partial charge in [0, 0.05) is 18.7 Å². The van der Waals surface area contributed by atoms with Crippen LogP contribution in [0, 0.1) is 6.92 Å². The molecule has 0 aromatic heterocycles. The molecule has 2 aromatic carbocycles. The Hall–Kier alpha value is -2.42. The van der Waals surface area contributed by atoms with Gasteiger partial charge in [-0.25, -0.2) is 4.39 Å². The van der Waals surface area contributed by atoms with Crippen molar-refractivity contribution in [3.63, 3.8) is 0 Å². The second-order valence-electron chi connectivity index (χ2n) is 7.57. The molecule has 1 fully saturated rings. The summed E-state index contributed by atoms with van der Waals surface area (Å²) in [6.07, 6.45) is -5.15. The minimum absolute atomic E-state index is 0.0500. The third-order valence-corrected chi connectivity index (χ3v) is 6.00. The summed E-state index contributed by atoms with van der Waals surface area (Å²) in [5, 5.41) is 0. The molecule has 6 nitrogen and oxygen atoms in total. The number of halogens is 1. The van der Waals surface area contributed by atoms with Gasteiger partial charge in [0.1, 0.15) is 11.5 Å². The Balaban J connectivity index is 1.78. The molecule has 0 radical (unpaired) electrons. The van der Waals surface area contributed by atoms with Crippen LogP contribution >= 0.6 is 11.8 Å². The van der Waals surface area contributed by atoms with E-state index in [4.69, 9.17) is 18.9 Å². The maximum absolute atomic E-state index is 15.4. The molecule has 1 heterocycles. The molecule has 1 aliphatic rings. The number of hydrogen-bond donors (Lipinski definition) is 0. The van der Waals surface area contributed by atoms with Crippen molar-refractivity contribution < 1.29 is 32.9 Å². The standard InChI is InChI=1S/C24H27FO6S/c1-15-9-11-19(12-10-15)32-24-23(30-17(3)27)22(29-16(2)26)21(25)20(31-24)14-28-13-18-7-5-4-6-8-18/h4-12,20-24H,13-14H2,1-3H3/t20-,21-,22-,23+,24-/m1/s1. The zero-order chi connectivity index (χ0) is 23.1. The van der Waals surface area contributed by atoms with Crippen LogP contribution < -0.4 is 0 Å². The number of carbonyl (C=O) groups excluding carboxylic acids is 2. The van der Waals surface area contributed by atoms with Crippen LogP contribution in [0.4, 0.5) is 4.39 Å². The molecule has 0 bridgehead atoms. The number of carbonyl (C=O) groups is 2. The molecule has 0 saturated carbocycles. The maximum Gasteiger partial charge on any atom is 0.303 e. The van der Waals surface area contributed by atoms with Gasteiger partial charge in [-0.05, 0) is 24.6 Å². The number of hydrogen-bond acceptors (Lipinski definition) is 7. The van der Waals surface area contributed by atoms with Gasteiger partial charge >= 0.3 is 11.9 Å². The molecule has 0 amide bonds. The van der Waals surface area contributed by atoms with Crippen molar-refractivity contribution in [3.8, 4) is 0 Å². The summed E-state index contributed by atoms with van der Waals surface area (Å²) < 4.78 is 37.7. The number of thioether (sulfide) groups is 1. The van der Waals surface area contributed by atoms with E-state index in [2.05, 4.69) is 0 Å². The Kier molecular flexibility index (Phi) is 8.67. The molecule has 1 saturated heterocycles. The molecule has 0 N–H and O–H groups in total. The van der Waals surface area contributed by atoms with Crippen LogP contribution in [0.5, 0.6) is 0 Å². The summed E-state index contributed by atoms with van der Waals surface area (Å²) >= 11 is 1.28. The molecule has 8 heteroatoms. The fourth-order valence-electron chi connectivity index (χ4n) is 3.35. The van der Waals surface area contributed by atoms with E-state index in [1.54, 1.807) is 0 Å². The number of rotatable bonds is 8. The first kappa shape index (κ1) is 24.2. The highest BCUT2D eigenvalue weighted by molar-refractivity contribution is 7.99. The molecule has 1 aliphatic heterocycles. The normalized spacial score (nSPS) is 25.2. The first-order chi connectivity index (χ1) is 15.3. The van der Waals surface area contributed by atoms with E-state index in [0.717, 1.165) is 16.0 Å². The smallest absolute Gasteiger partial charge is 0.303 e. The molecule has 32 heavy (non-hydrogen) atoms. The number of alkyl halides is 1. The lowest BCUT2D eigenvalue weighted by Gasteiger charge is -2.42. The maximum atomic E-state index is 15.4. The molecule has 0 spiro atoms. The van der Waals surface area contributed by atoms with Crippen LogP contribution in [0.3, 0.4) is 0 Å². The quantitative estimate of drug-likeness (QED) is 0.544. The zero-order valence-electron chi connectivity index (χ0n) is 18.2. The van der Waals surface area contributed by atoms with Gasteiger partial charge in [0.15, 0.2) is 18.4 Å². The van der Waals surface area contributed by atoms with Crippen LogP contribution in [-0.2, 0) is 35.1 Å². The second-order valence-corrected chi connectivity index (χ2v) is 8.74. The van der Waals surface area contributed by atoms with E-state index < -0.39 is 41.9 Å². The van der Waals surface area contributed by atoms with Crippen LogP contribution in [0.15, 0.2) is 59.5 Å². The summed E-state index contributed by atoms with van der Waals surface area (Å²) in [5.41, 5.74) is 1.24. The van der Waals surface area contributed by atoms with E-state index in [-0.39, 0.29) is 13.2 Å². The average Bonchev–Trinajstić information content (AvgIpc) is 2.75. The Morgan fingerprint density at radius 1 is 0.969 bits per heavy atom. The molecule has 172 valence electrons. The van der Waals surface area contributed by atoms with Crippen LogP contribution in [0.25, 0.3) is 0 Å². The van der Waals surface area contributed by atoms with E-state index in [1.165, 1.54) is 25.6 Å². The number of aryl methyl sites for hydroxylation is 1. The van der Waals surface area contributed by atoms with E-state index in [9.17, 15) is 9.59 Å². The highest BCUT2D eigenvalue weighted by Gasteiger charge is 2.50. The van der Waals surface area contributed by atoms with Gasteiger partial charge in [-0.3, -0.25) is 9.59 Å². The Morgan fingerprint density at radius 3 is 2.22 bits per heavy atom. The van der Waals surface area contributed by atoms with Crippen molar-refractivity contribution in [2.45, 2.75) is 62.2 Å². The van der Waals surface area contributed by atoms with Gasteiger partial charge in [-0.15, -0.1) is 0 Å². The summed E-state index contributed by atoms with van der Waals surface area (Å²) in [5.74, 6) is -1.28. The van der Waals surface area contributed by atoms with Gasteiger partial charge in [-0.1, -0.05) is 59.8 Å². The third kappa shape index (κ3) is 6.79. The molecule has 0 unspecified atom stereocenters. The molecule has 5 atom stereocenters. The molecular formula is C24H27FO6S. The van der Waals surface area contributed by atoms with Crippen LogP contribution in [-0.4, -0.2) is 48.5 Å². The van der Waals surface area contributed by atoms with Crippen molar-refractivity contribution in [2.75, 3.05) is 6.61 Å². The van der Waals surface area contributed by atoms with Crippen LogP contribution in [0.1, 0.15) is 25.0 Å². The second kappa shape index (κ2) is 11.4. The minimum atomic E-state index is -1.73. The first-order valence-corrected chi connectivity index (χ1v) is 11.2. The lowest BCUT2D eigenvalue weighted by atomic mass is 10.0. The van der Waals surface area contributed by atoms with E-state index in [0.29, 0.717) is 0 Å². The van der Waals surface area contributed by atoms with Gasteiger partial charge in [-0.2, -0.15) is 0 Å². The van der Waals surface area contributed by atoms with Gasteiger partial charge in [0.05, 0.1) is 13.2 Å². The molecular weight excluding hydrogens is 435 g/mol. The fourth-order valence-corrected chi connectivity index (χ4v) is 4.46. The average molecular weight is 463 g/mol. The lowest BCUT2D eigenvalue weighted by molar-refractivity contribution is -0.218. The predicted octanol–water partition coefficient (Wildman–Crippen LogP) is 4.23. The van der Waals surface area contributed by atoms with Crippen molar-refractivity contribution in [1.82, 2.24) is 0 Å². The zero-order valence-corrected chi connectivity index (χ0v) is 19.0. The number of benzene rings is 2. The Morgan fingerprint density at radius 2 is 1.59 bits per heavy atom. The van der Waals surface area contributed by atoms with Gasteiger partial charge in [0.25, 0.3) is 0 Å². The highest BCUT2D eigenvalue weighted by Crippen LogP contribution is 2.37. The number of ether oxygens (including phenoxy) is 4. The highest BCUT2D eigenvalue weighted by atomic mass is 32.2. The molecule has 0 aliphatic carbocycles. The fraction of sp³-hybridized carbons (Fsp3) is 0.417. The number of esters is 2. The molecule has 3 rings (SSSR count). The van der Waals surface area contributed by atoms with Gasteiger partial charge < -0.3 is 18.9 Å². The SMILES string of the molecule is CC(=O)O[C@@H]1[C@H](F)[C@@H](COCc2ccccc2)O[C@H](Sc2ccc(C)cc2)[C@H]1OC(C)=O. The van der Waals surface area contributed by atoms with Crippen LogP contribution in [0.2, 0.25) is 0 Å². The van der Waals surface area contributed by atoms with Crippen molar-refractivity contribution >= 4 is 23.7 Å². The summed E-state index contributed by atoms with van der Waals surface area (Å²) in [7, 11) is 0. The van der Waals surface area contributed by atoms with Crippen molar-refractivity contribution in [1.29, 1.82) is 0 Å². The van der Waals surface area contributed by atoms with Crippen molar-refractivity contribution in [2.24, 2.45) is 0 Å². The largest absolute Gasteiger partial charge is 0.455 e. The summed E-state index contributed by atoms with van der Waals surface area (Å²) in [4.78, 5) is 24.3. The molecule has 2 aromatic rings. The first-order valence-electron chi connectivity index (χ1n) is 10.3. The Labute approximate surface area is 191 Å². The topological polar surface area (TPSA) is 71.1 Å². The monoisotopic (exact) mass is 462 g/mol. The van der Waals surface area contributed by atoms with E-state index in [1.807, 2.05) is 61.5 Å². The third-order valence-electron chi connectivity index (χ3n) is 4.84. The summed E-state index contributed by atoms with van der Waals surface area (Å²) in [6, 6.07) is 17.2.